The van der Waals surface area contributed by atoms with E-state index in [4.69, 9.17) is 18.9 Å². The maximum Gasteiger partial charge on any atom is 0.331 e. The van der Waals surface area contributed by atoms with Crippen LogP contribution in [0.4, 0.5) is 0 Å². The lowest BCUT2D eigenvalue weighted by Gasteiger charge is -2.31. The Labute approximate surface area is 207 Å². The molecule has 4 rings (SSSR count). The van der Waals surface area contributed by atoms with E-state index in [1.807, 2.05) is 60.7 Å². The van der Waals surface area contributed by atoms with Crippen LogP contribution in [0.2, 0.25) is 0 Å². The van der Waals surface area contributed by atoms with Crippen molar-refractivity contribution < 1.29 is 23.7 Å². The molecule has 182 valence electrons. The smallest absolute Gasteiger partial charge is 0.331 e. The first kappa shape index (κ1) is 24.7. The summed E-state index contributed by atoms with van der Waals surface area (Å²) in [4.78, 5) is 12.1. The third kappa shape index (κ3) is 5.64. The number of esters is 1. The zero-order valence-electron chi connectivity index (χ0n) is 20.7. The van der Waals surface area contributed by atoms with Gasteiger partial charge in [0.1, 0.15) is 12.4 Å². The first-order valence-corrected chi connectivity index (χ1v) is 11.8. The Bertz CT molecular complexity index is 1170. The van der Waals surface area contributed by atoms with Gasteiger partial charge in [-0.25, -0.2) is 4.79 Å². The van der Waals surface area contributed by atoms with Crippen molar-refractivity contribution in [3.05, 3.63) is 107 Å². The van der Waals surface area contributed by atoms with Crippen LogP contribution in [0.25, 0.3) is 6.08 Å². The minimum absolute atomic E-state index is 0.0371. The molecule has 1 heterocycles. The van der Waals surface area contributed by atoms with Gasteiger partial charge in [0.25, 0.3) is 0 Å². The van der Waals surface area contributed by atoms with Crippen LogP contribution in [0.15, 0.2) is 78.9 Å². The van der Waals surface area contributed by atoms with Crippen molar-refractivity contribution in [1.29, 1.82) is 0 Å². The average Bonchev–Trinajstić information content (AvgIpc) is 3.37. The van der Waals surface area contributed by atoms with Gasteiger partial charge < -0.3 is 18.9 Å². The second-order valence-corrected chi connectivity index (χ2v) is 9.53. The van der Waals surface area contributed by atoms with Crippen LogP contribution in [-0.4, -0.2) is 26.3 Å². The molecule has 3 aromatic carbocycles. The Hall–Kier alpha value is -3.41. The molecule has 0 spiro atoms. The highest BCUT2D eigenvalue weighted by molar-refractivity contribution is 5.87. The van der Waals surface area contributed by atoms with Gasteiger partial charge in [0.2, 0.25) is 5.79 Å². The van der Waals surface area contributed by atoms with E-state index < -0.39 is 5.79 Å². The third-order valence-electron chi connectivity index (χ3n) is 6.04. The van der Waals surface area contributed by atoms with Gasteiger partial charge in [0, 0.05) is 11.6 Å². The van der Waals surface area contributed by atoms with Crippen molar-refractivity contribution in [3.63, 3.8) is 0 Å². The summed E-state index contributed by atoms with van der Waals surface area (Å²) in [7, 11) is 1.66. The number of benzene rings is 3. The fraction of sp³-hybridized carbons (Fsp3) is 0.300. The van der Waals surface area contributed by atoms with Crippen molar-refractivity contribution in [2.24, 2.45) is 0 Å². The molecule has 0 radical (unpaired) electrons. The molecule has 0 N–H and O–H groups in total. The predicted molar refractivity (Wildman–Crippen MR) is 136 cm³/mol. The van der Waals surface area contributed by atoms with Crippen LogP contribution in [0.3, 0.4) is 0 Å². The monoisotopic (exact) mass is 472 g/mol. The van der Waals surface area contributed by atoms with Crippen molar-refractivity contribution >= 4 is 12.0 Å². The number of rotatable bonds is 7. The molecule has 1 fully saturated rings. The highest BCUT2D eigenvalue weighted by Gasteiger charge is 2.43. The Morgan fingerprint density at radius 1 is 0.971 bits per heavy atom. The van der Waals surface area contributed by atoms with E-state index in [1.165, 1.54) is 11.6 Å². The molecule has 1 aliphatic heterocycles. The van der Waals surface area contributed by atoms with Crippen LogP contribution >= 0.6 is 0 Å². The number of hydrogen-bond acceptors (Lipinski definition) is 5. The Balaban J connectivity index is 1.55. The summed E-state index contributed by atoms with van der Waals surface area (Å²) in [6, 6.07) is 23.6. The zero-order valence-corrected chi connectivity index (χ0v) is 20.7. The van der Waals surface area contributed by atoms with E-state index >= 15 is 0 Å². The standard InChI is InChI=1S/C30H32O5/c1-29(2,3)25-15-16-27(32-4)26(20-25)30(34-18-19-35-30)24-13-10-22(11-14-24)12-17-28(31)33-21-23-8-6-5-7-9-23/h5-17,20H,18-19,21H2,1-4H3/b17-12+. The van der Waals surface area contributed by atoms with Crippen LogP contribution in [0, 0.1) is 0 Å². The van der Waals surface area contributed by atoms with Gasteiger partial charge >= 0.3 is 5.97 Å². The molecular weight excluding hydrogens is 440 g/mol. The van der Waals surface area contributed by atoms with Gasteiger partial charge in [-0.05, 0) is 40.3 Å². The lowest BCUT2D eigenvalue weighted by atomic mass is 9.84. The second kappa shape index (κ2) is 10.5. The number of carbonyl (C=O) groups is 1. The summed E-state index contributed by atoms with van der Waals surface area (Å²) >= 11 is 0. The van der Waals surface area contributed by atoms with Crippen molar-refractivity contribution in [2.75, 3.05) is 20.3 Å². The summed E-state index contributed by atoms with van der Waals surface area (Å²) in [5.41, 5.74) is 4.66. The van der Waals surface area contributed by atoms with Crippen molar-refractivity contribution in [1.82, 2.24) is 0 Å². The fourth-order valence-electron chi connectivity index (χ4n) is 4.08. The quantitative estimate of drug-likeness (QED) is 0.312. The average molecular weight is 473 g/mol. The minimum Gasteiger partial charge on any atom is -0.496 e. The maximum absolute atomic E-state index is 12.1. The predicted octanol–water partition coefficient (Wildman–Crippen LogP) is 6.00. The minimum atomic E-state index is -1.05. The molecule has 3 aromatic rings. The van der Waals surface area contributed by atoms with Gasteiger partial charge in [-0.3, -0.25) is 0 Å². The van der Waals surface area contributed by atoms with E-state index in [-0.39, 0.29) is 18.0 Å². The molecule has 0 amide bonds. The molecule has 5 nitrogen and oxygen atoms in total. The normalized spacial score (nSPS) is 15.3. The number of carbonyl (C=O) groups excluding carboxylic acids is 1. The molecule has 0 unspecified atom stereocenters. The summed E-state index contributed by atoms with van der Waals surface area (Å²) < 4.78 is 23.5. The van der Waals surface area contributed by atoms with Crippen LogP contribution in [0.1, 0.15) is 48.6 Å². The second-order valence-electron chi connectivity index (χ2n) is 9.53. The molecule has 0 saturated carbocycles. The summed E-state index contributed by atoms with van der Waals surface area (Å²) in [6.45, 7) is 7.74. The molecule has 35 heavy (non-hydrogen) atoms. The maximum atomic E-state index is 12.1. The fourth-order valence-corrected chi connectivity index (χ4v) is 4.08. The van der Waals surface area contributed by atoms with Crippen LogP contribution in [0.5, 0.6) is 5.75 Å². The lowest BCUT2D eigenvalue weighted by Crippen LogP contribution is -2.30. The van der Waals surface area contributed by atoms with Gasteiger partial charge in [0.15, 0.2) is 0 Å². The SMILES string of the molecule is COc1ccc(C(C)(C)C)cc1C1(c2ccc(/C=C/C(=O)OCc3ccccc3)cc2)OCCO1. The van der Waals surface area contributed by atoms with Crippen molar-refractivity contribution in [3.8, 4) is 5.75 Å². The van der Waals surface area contributed by atoms with E-state index in [9.17, 15) is 4.79 Å². The summed E-state index contributed by atoms with van der Waals surface area (Å²) in [5.74, 6) is -0.727. The van der Waals surface area contributed by atoms with E-state index in [2.05, 4.69) is 32.9 Å². The zero-order chi connectivity index (χ0) is 24.9. The lowest BCUT2D eigenvalue weighted by molar-refractivity contribution is -0.138. The van der Waals surface area contributed by atoms with Gasteiger partial charge in [-0.15, -0.1) is 0 Å². The Morgan fingerprint density at radius 2 is 1.66 bits per heavy atom. The van der Waals surface area contributed by atoms with Gasteiger partial charge in [-0.1, -0.05) is 81.4 Å². The molecule has 0 aliphatic carbocycles. The molecule has 1 aliphatic rings. The summed E-state index contributed by atoms with van der Waals surface area (Å²) in [6.07, 6.45) is 3.17. The molecule has 0 aromatic heterocycles. The van der Waals surface area contributed by atoms with Gasteiger partial charge in [0.05, 0.1) is 25.9 Å². The van der Waals surface area contributed by atoms with Gasteiger partial charge in [-0.2, -0.15) is 0 Å². The first-order valence-electron chi connectivity index (χ1n) is 11.8. The van der Waals surface area contributed by atoms with Crippen LogP contribution in [-0.2, 0) is 36.8 Å². The highest BCUT2D eigenvalue weighted by atomic mass is 16.7. The van der Waals surface area contributed by atoms with E-state index in [0.717, 1.165) is 22.3 Å². The number of ether oxygens (including phenoxy) is 4. The third-order valence-corrected chi connectivity index (χ3v) is 6.04. The Kier molecular flexibility index (Phi) is 7.39. The largest absolute Gasteiger partial charge is 0.496 e. The van der Waals surface area contributed by atoms with Crippen LogP contribution < -0.4 is 4.74 Å². The first-order chi connectivity index (χ1) is 16.8. The highest BCUT2D eigenvalue weighted by Crippen LogP contribution is 2.44. The Morgan fingerprint density at radius 3 is 2.29 bits per heavy atom. The molecule has 0 atom stereocenters. The summed E-state index contributed by atoms with van der Waals surface area (Å²) in [5, 5.41) is 0. The molecular formula is C30H32O5. The van der Waals surface area contributed by atoms with Crippen molar-refractivity contribution in [2.45, 2.75) is 38.6 Å². The molecule has 5 heteroatoms. The number of methoxy groups -OCH3 is 1. The number of hydrogen-bond donors (Lipinski definition) is 0. The molecule has 0 bridgehead atoms. The topological polar surface area (TPSA) is 54.0 Å². The molecule has 1 saturated heterocycles. The van der Waals surface area contributed by atoms with E-state index in [1.54, 1.807) is 13.2 Å². The van der Waals surface area contributed by atoms with E-state index in [0.29, 0.717) is 19.0 Å².